The van der Waals surface area contributed by atoms with E-state index < -0.39 is 11.6 Å². The molecule has 1 atom stereocenters. The SMILES string of the molecule is CCCNC(Cc1ccc(F)cc1F)c1scnc1C. The van der Waals surface area contributed by atoms with Crippen LogP contribution in [0.1, 0.15) is 35.5 Å². The molecule has 0 aliphatic carbocycles. The molecule has 0 aliphatic heterocycles. The van der Waals surface area contributed by atoms with Crippen LogP contribution in [0.25, 0.3) is 0 Å². The van der Waals surface area contributed by atoms with Crippen LogP contribution in [0.3, 0.4) is 0 Å². The quantitative estimate of drug-likeness (QED) is 0.871. The standard InChI is InChI=1S/C15H18F2N2S/c1-3-6-18-14(15-10(2)19-9-20-15)7-11-4-5-12(16)8-13(11)17/h4-5,8-9,14,18H,3,6-7H2,1-2H3. The summed E-state index contributed by atoms with van der Waals surface area (Å²) in [6.07, 6.45) is 1.50. The highest BCUT2D eigenvalue weighted by Gasteiger charge is 2.18. The predicted molar refractivity (Wildman–Crippen MR) is 77.9 cm³/mol. The minimum absolute atomic E-state index is 0.0161. The van der Waals surface area contributed by atoms with Crippen LogP contribution >= 0.6 is 11.3 Å². The van der Waals surface area contributed by atoms with Crippen LogP contribution in [-0.4, -0.2) is 11.5 Å². The van der Waals surface area contributed by atoms with Gasteiger partial charge in [-0.3, -0.25) is 0 Å². The van der Waals surface area contributed by atoms with Crippen molar-refractivity contribution >= 4 is 11.3 Å². The van der Waals surface area contributed by atoms with Gasteiger partial charge in [0, 0.05) is 17.0 Å². The molecule has 1 aromatic heterocycles. The van der Waals surface area contributed by atoms with Gasteiger partial charge in [-0.25, -0.2) is 13.8 Å². The molecule has 0 radical (unpaired) electrons. The van der Waals surface area contributed by atoms with Crippen LogP contribution in [0.15, 0.2) is 23.7 Å². The van der Waals surface area contributed by atoms with Gasteiger partial charge in [0.25, 0.3) is 0 Å². The second-order valence-corrected chi connectivity index (χ2v) is 5.63. The number of aromatic nitrogens is 1. The fourth-order valence-electron chi connectivity index (χ4n) is 2.13. The summed E-state index contributed by atoms with van der Waals surface area (Å²) in [7, 11) is 0. The van der Waals surface area contributed by atoms with Gasteiger partial charge in [-0.1, -0.05) is 13.0 Å². The number of thiazole rings is 1. The summed E-state index contributed by atoms with van der Waals surface area (Å²) in [5.41, 5.74) is 3.28. The highest BCUT2D eigenvalue weighted by Crippen LogP contribution is 2.26. The zero-order chi connectivity index (χ0) is 14.5. The maximum absolute atomic E-state index is 13.8. The van der Waals surface area contributed by atoms with Gasteiger partial charge in [0.05, 0.1) is 11.2 Å². The zero-order valence-corrected chi connectivity index (χ0v) is 12.4. The van der Waals surface area contributed by atoms with E-state index in [2.05, 4.69) is 17.2 Å². The van der Waals surface area contributed by atoms with E-state index >= 15 is 0 Å². The molecule has 0 saturated heterocycles. The van der Waals surface area contributed by atoms with Crippen LogP contribution < -0.4 is 5.32 Å². The van der Waals surface area contributed by atoms with Crippen molar-refractivity contribution in [2.24, 2.45) is 0 Å². The van der Waals surface area contributed by atoms with Gasteiger partial charge in [-0.2, -0.15) is 0 Å². The lowest BCUT2D eigenvalue weighted by Gasteiger charge is -2.18. The molecule has 2 aromatic rings. The average molecular weight is 296 g/mol. The van der Waals surface area contributed by atoms with Gasteiger partial charge in [-0.15, -0.1) is 11.3 Å². The Bertz CT molecular complexity index is 569. The van der Waals surface area contributed by atoms with Crippen molar-refractivity contribution < 1.29 is 8.78 Å². The predicted octanol–water partition coefficient (Wildman–Crippen LogP) is 4.01. The number of nitrogens with one attached hydrogen (secondary N) is 1. The van der Waals surface area contributed by atoms with E-state index in [-0.39, 0.29) is 6.04 Å². The summed E-state index contributed by atoms with van der Waals surface area (Å²) in [5, 5.41) is 3.41. The average Bonchev–Trinajstić information content (AvgIpc) is 2.83. The van der Waals surface area contributed by atoms with Crippen molar-refractivity contribution in [1.29, 1.82) is 0 Å². The molecule has 1 N–H and O–H groups in total. The molecule has 1 unspecified atom stereocenters. The molecule has 5 heteroatoms. The Morgan fingerprint density at radius 3 is 2.75 bits per heavy atom. The smallest absolute Gasteiger partial charge is 0.129 e. The molecule has 0 bridgehead atoms. The van der Waals surface area contributed by atoms with E-state index in [0.29, 0.717) is 12.0 Å². The lowest BCUT2D eigenvalue weighted by molar-refractivity contribution is 0.511. The first-order chi connectivity index (χ1) is 9.61. The lowest BCUT2D eigenvalue weighted by atomic mass is 10.0. The fourth-order valence-corrected chi connectivity index (χ4v) is 3.01. The van der Waals surface area contributed by atoms with E-state index in [1.54, 1.807) is 16.8 Å². The van der Waals surface area contributed by atoms with Crippen molar-refractivity contribution in [3.63, 3.8) is 0 Å². The number of hydrogen-bond acceptors (Lipinski definition) is 3. The van der Waals surface area contributed by atoms with E-state index in [0.717, 1.165) is 29.6 Å². The van der Waals surface area contributed by atoms with Gasteiger partial charge < -0.3 is 5.32 Å². The molecular formula is C15H18F2N2S. The minimum Gasteiger partial charge on any atom is -0.309 e. The number of hydrogen-bond donors (Lipinski definition) is 1. The fraction of sp³-hybridized carbons (Fsp3) is 0.400. The number of benzene rings is 1. The molecule has 0 amide bonds. The largest absolute Gasteiger partial charge is 0.309 e. The summed E-state index contributed by atoms with van der Waals surface area (Å²) in [6.45, 7) is 4.89. The second kappa shape index (κ2) is 6.90. The van der Waals surface area contributed by atoms with Gasteiger partial charge in [0.1, 0.15) is 11.6 Å². The molecule has 108 valence electrons. The highest BCUT2D eigenvalue weighted by molar-refractivity contribution is 7.09. The van der Waals surface area contributed by atoms with Crippen molar-refractivity contribution in [1.82, 2.24) is 10.3 Å². The third-order valence-corrected chi connectivity index (χ3v) is 4.22. The van der Waals surface area contributed by atoms with Crippen molar-refractivity contribution in [3.8, 4) is 0 Å². The first-order valence-electron chi connectivity index (χ1n) is 6.69. The summed E-state index contributed by atoms with van der Waals surface area (Å²) < 4.78 is 26.8. The molecule has 0 spiro atoms. The van der Waals surface area contributed by atoms with E-state index in [9.17, 15) is 8.78 Å². The van der Waals surface area contributed by atoms with E-state index in [1.165, 1.54) is 12.1 Å². The van der Waals surface area contributed by atoms with E-state index in [1.807, 2.05) is 6.92 Å². The lowest BCUT2D eigenvalue weighted by Crippen LogP contribution is -2.24. The molecule has 2 nitrogen and oxygen atoms in total. The molecule has 0 saturated carbocycles. The van der Waals surface area contributed by atoms with Gasteiger partial charge in [-0.05, 0) is 37.9 Å². The Hall–Kier alpha value is -1.33. The van der Waals surface area contributed by atoms with Gasteiger partial charge >= 0.3 is 0 Å². The van der Waals surface area contributed by atoms with Crippen LogP contribution in [0, 0.1) is 18.6 Å². The topological polar surface area (TPSA) is 24.9 Å². The van der Waals surface area contributed by atoms with Crippen molar-refractivity contribution in [2.45, 2.75) is 32.7 Å². The molecule has 1 heterocycles. The number of nitrogens with zero attached hydrogens (tertiary/aromatic N) is 1. The Kier molecular flexibility index (Phi) is 5.20. The summed E-state index contributed by atoms with van der Waals surface area (Å²) >= 11 is 1.57. The molecule has 0 aliphatic rings. The number of rotatable bonds is 6. The van der Waals surface area contributed by atoms with Crippen molar-refractivity contribution in [3.05, 3.63) is 51.5 Å². The first-order valence-corrected chi connectivity index (χ1v) is 7.57. The maximum Gasteiger partial charge on any atom is 0.129 e. The Morgan fingerprint density at radius 2 is 2.15 bits per heavy atom. The summed E-state index contributed by atoms with van der Waals surface area (Å²) in [4.78, 5) is 5.36. The van der Waals surface area contributed by atoms with Crippen LogP contribution in [0.5, 0.6) is 0 Å². The van der Waals surface area contributed by atoms with Crippen LogP contribution in [0.2, 0.25) is 0 Å². The molecule has 2 rings (SSSR count). The molecule has 0 fully saturated rings. The summed E-state index contributed by atoms with van der Waals surface area (Å²) in [5.74, 6) is -1.03. The number of halogens is 2. The van der Waals surface area contributed by atoms with Crippen LogP contribution in [0.4, 0.5) is 8.78 Å². The minimum atomic E-state index is -0.543. The Morgan fingerprint density at radius 1 is 1.35 bits per heavy atom. The molecule has 1 aromatic carbocycles. The zero-order valence-electron chi connectivity index (χ0n) is 11.6. The normalized spacial score (nSPS) is 12.6. The van der Waals surface area contributed by atoms with Gasteiger partial charge in [0.2, 0.25) is 0 Å². The first kappa shape index (κ1) is 15.1. The third kappa shape index (κ3) is 3.61. The summed E-state index contributed by atoms with van der Waals surface area (Å²) in [6, 6.07) is 3.77. The number of aryl methyl sites for hydroxylation is 1. The van der Waals surface area contributed by atoms with Crippen molar-refractivity contribution in [2.75, 3.05) is 6.54 Å². The van der Waals surface area contributed by atoms with E-state index in [4.69, 9.17) is 0 Å². The molecular weight excluding hydrogens is 278 g/mol. The Balaban J connectivity index is 2.21. The van der Waals surface area contributed by atoms with Crippen LogP contribution in [-0.2, 0) is 6.42 Å². The van der Waals surface area contributed by atoms with Gasteiger partial charge in [0.15, 0.2) is 0 Å². The molecule has 20 heavy (non-hydrogen) atoms. The Labute approximate surface area is 121 Å². The third-order valence-electron chi connectivity index (χ3n) is 3.18. The maximum atomic E-state index is 13.8. The second-order valence-electron chi connectivity index (χ2n) is 4.75. The highest BCUT2D eigenvalue weighted by atomic mass is 32.1. The monoisotopic (exact) mass is 296 g/mol.